The minimum Gasteiger partial charge on any atom is -0.490 e. The Balaban J connectivity index is 2.02. The molecule has 0 radical (unpaired) electrons. The maximum absolute atomic E-state index is 5.68. The van der Waals surface area contributed by atoms with Crippen molar-refractivity contribution in [3.63, 3.8) is 0 Å². The lowest BCUT2D eigenvalue weighted by atomic mass is 10.0. The molecule has 0 aliphatic heterocycles. The molecule has 0 heterocycles. The van der Waals surface area contributed by atoms with E-state index in [4.69, 9.17) is 9.47 Å². The monoisotopic (exact) mass is 341 g/mol. The summed E-state index contributed by atoms with van der Waals surface area (Å²) in [6.45, 7) is 4.47. The number of hydrogen-bond acceptors (Lipinski definition) is 3. The first kappa shape index (κ1) is 15.8. The van der Waals surface area contributed by atoms with Crippen molar-refractivity contribution in [1.82, 2.24) is 5.32 Å². The summed E-state index contributed by atoms with van der Waals surface area (Å²) >= 11 is 3.61. The van der Waals surface area contributed by atoms with Gasteiger partial charge in [0.15, 0.2) is 0 Å². The lowest BCUT2D eigenvalue weighted by Gasteiger charge is -2.19. The van der Waals surface area contributed by atoms with Crippen LogP contribution in [0.1, 0.15) is 37.8 Å². The van der Waals surface area contributed by atoms with Crippen molar-refractivity contribution >= 4 is 15.9 Å². The summed E-state index contributed by atoms with van der Waals surface area (Å²) in [4.78, 5) is 0. The number of rotatable bonds is 9. The molecule has 4 heteroatoms. The van der Waals surface area contributed by atoms with E-state index in [2.05, 4.69) is 46.4 Å². The van der Waals surface area contributed by atoms with E-state index in [-0.39, 0.29) is 0 Å². The number of halogens is 1. The molecule has 112 valence electrons. The van der Waals surface area contributed by atoms with E-state index in [0.29, 0.717) is 19.3 Å². The highest BCUT2D eigenvalue weighted by molar-refractivity contribution is 9.10. The van der Waals surface area contributed by atoms with Crippen LogP contribution in [0.3, 0.4) is 0 Å². The smallest absolute Gasteiger partial charge is 0.133 e. The molecule has 0 aromatic heterocycles. The van der Waals surface area contributed by atoms with Crippen molar-refractivity contribution in [3.05, 3.63) is 28.2 Å². The van der Waals surface area contributed by atoms with Gasteiger partial charge in [0.25, 0.3) is 0 Å². The Bertz CT molecular complexity index is 421. The maximum Gasteiger partial charge on any atom is 0.133 e. The molecule has 1 aliphatic rings. The van der Waals surface area contributed by atoms with Crippen molar-refractivity contribution in [2.24, 2.45) is 5.92 Å². The van der Waals surface area contributed by atoms with E-state index >= 15 is 0 Å². The van der Waals surface area contributed by atoms with Crippen molar-refractivity contribution < 1.29 is 9.47 Å². The van der Waals surface area contributed by atoms with Gasteiger partial charge in [-0.1, -0.05) is 13.0 Å². The number of methoxy groups -OCH3 is 1. The van der Waals surface area contributed by atoms with Crippen molar-refractivity contribution in [2.45, 2.75) is 32.2 Å². The molecule has 0 amide bonds. The number of ether oxygens (including phenoxy) is 2. The molecule has 0 spiro atoms. The first-order chi connectivity index (χ1) is 9.76. The van der Waals surface area contributed by atoms with Crippen molar-refractivity contribution in [3.8, 4) is 5.75 Å². The predicted molar refractivity (Wildman–Crippen MR) is 85.3 cm³/mol. The highest BCUT2D eigenvalue weighted by Gasteiger charge is 2.32. The van der Waals surface area contributed by atoms with Crippen molar-refractivity contribution in [1.29, 1.82) is 0 Å². The SMILES string of the molecule is CCCNC(c1ccc(OCCOC)c(Br)c1)C1CC1. The highest BCUT2D eigenvalue weighted by atomic mass is 79.9. The van der Waals surface area contributed by atoms with E-state index in [1.165, 1.54) is 24.8 Å². The van der Waals surface area contributed by atoms with Gasteiger partial charge in [0.05, 0.1) is 11.1 Å². The maximum atomic E-state index is 5.68. The molecule has 1 aromatic rings. The van der Waals surface area contributed by atoms with Crippen LogP contribution in [0, 0.1) is 5.92 Å². The minimum atomic E-state index is 0.485. The van der Waals surface area contributed by atoms with E-state index in [9.17, 15) is 0 Å². The molecule has 1 aromatic carbocycles. The molecule has 1 atom stereocenters. The van der Waals surface area contributed by atoms with Gasteiger partial charge in [0, 0.05) is 13.2 Å². The van der Waals surface area contributed by atoms with Crippen LogP contribution in [0.2, 0.25) is 0 Å². The summed E-state index contributed by atoms with van der Waals surface area (Å²) in [5.41, 5.74) is 1.35. The van der Waals surface area contributed by atoms with Gasteiger partial charge < -0.3 is 14.8 Å². The molecular formula is C16H24BrNO2. The van der Waals surface area contributed by atoms with E-state index in [1.54, 1.807) is 7.11 Å². The molecule has 1 fully saturated rings. The summed E-state index contributed by atoms with van der Waals surface area (Å²) in [6.07, 6.45) is 3.85. The van der Waals surface area contributed by atoms with Gasteiger partial charge in [-0.25, -0.2) is 0 Å². The second-order valence-electron chi connectivity index (χ2n) is 5.30. The van der Waals surface area contributed by atoms with Crippen LogP contribution < -0.4 is 10.1 Å². The van der Waals surface area contributed by atoms with Crippen LogP contribution in [0.25, 0.3) is 0 Å². The predicted octanol–water partition coefficient (Wildman–Crippen LogP) is 3.93. The quantitative estimate of drug-likeness (QED) is 0.690. The largest absolute Gasteiger partial charge is 0.490 e. The summed E-state index contributed by atoms with van der Waals surface area (Å²) in [5, 5.41) is 3.66. The van der Waals surface area contributed by atoms with Crippen LogP contribution >= 0.6 is 15.9 Å². The Kier molecular flexibility index (Phi) is 6.33. The molecule has 1 N–H and O–H groups in total. The second kappa shape index (κ2) is 8.01. The van der Waals surface area contributed by atoms with E-state index < -0.39 is 0 Å². The zero-order valence-electron chi connectivity index (χ0n) is 12.3. The van der Waals surface area contributed by atoms with Gasteiger partial charge in [-0.2, -0.15) is 0 Å². The van der Waals surface area contributed by atoms with Crippen LogP contribution in [-0.2, 0) is 4.74 Å². The molecule has 3 nitrogen and oxygen atoms in total. The van der Waals surface area contributed by atoms with Crippen LogP contribution in [0.5, 0.6) is 5.75 Å². The fourth-order valence-corrected chi connectivity index (χ4v) is 2.86. The number of hydrogen-bond donors (Lipinski definition) is 1. The third kappa shape index (κ3) is 4.47. The highest BCUT2D eigenvalue weighted by Crippen LogP contribution is 2.42. The van der Waals surface area contributed by atoms with Crippen LogP contribution in [0.4, 0.5) is 0 Å². The molecule has 2 rings (SSSR count). The van der Waals surface area contributed by atoms with E-state index in [0.717, 1.165) is 22.7 Å². The summed E-state index contributed by atoms with van der Waals surface area (Å²) in [5.74, 6) is 1.68. The van der Waals surface area contributed by atoms with Crippen molar-refractivity contribution in [2.75, 3.05) is 26.9 Å². The summed E-state index contributed by atoms with van der Waals surface area (Å²) < 4.78 is 11.7. The fraction of sp³-hybridized carbons (Fsp3) is 0.625. The normalized spacial score (nSPS) is 16.1. The minimum absolute atomic E-state index is 0.485. The average molecular weight is 342 g/mol. The van der Waals surface area contributed by atoms with Crippen LogP contribution in [0.15, 0.2) is 22.7 Å². The van der Waals surface area contributed by atoms with Gasteiger partial charge in [0.2, 0.25) is 0 Å². The van der Waals surface area contributed by atoms with Gasteiger partial charge in [0.1, 0.15) is 12.4 Å². The van der Waals surface area contributed by atoms with Crippen LogP contribution in [-0.4, -0.2) is 26.9 Å². The van der Waals surface area contributed by atoms with E-state index in [1.807, 2.05) is 0 Å². The first-order valence-corrected chi connectivity index (χ1v) is 8.20. The zero-order chi connectivity index (χ0) is 14.4. The van der Waals surface area contributed by atoms with Gasteiger partial charge in [-0.15, -0.1) is 0 Å². The standard InChI is InChI=1S/C16H24BrNO2/c1-3-8-18-16(12-4-5-12)13-6-7-15(14(17)11-13)20-10-9-19-2/h6-7,11-12,16,18H,3-5,8-10H2,1-2H3. The number of benzene rings is 1. The fourth-order valence-electron chi connectivity index (χ4n) is 2.35. The lowest BCUT2D eigenvalue weighted by Crippen LogP contribution is -2.23. The summed E-state index contributed by atoms with van der Waals surface area (Å²) in [6, 6.07) is 6.91. The molecule has 1 aliphatic carbocycles. The first-order valence-electron chi connectivity index (χ1n) is 7.40. The Hall–Kier alpha value is -0.580. The Morgan fingerprint density at radius 2 is 2.15 bits per heavy atom. The molecule has 0 saturated heterocycles. The Morgan fingerprint density at radius 3 is 2.75 bits per heavy atom. The summed E-state index contributed by atoms with van der Waals surface area (Å²) in [7, 11) is 1.68. The Labute approximate surface area is 130 Å². The second-order valence-corrected chi connectivity index (χ2v) is 6.15. The number of nitrogens with one attached hydrogen (secondary N) is 1. The van der Waals surface area contributed by atoms with Gasteiger partial charge in [-0.3, -0.25) is 0 Å². The van der Waals surface area contributed by atoms with Gasteiger partial charge >= 0.3 is 0 Å². The third-order valence-corrected chi connectivity index (χ3v) is 4.19. The topological polar surface area (TPSA) is 30.5 Å². The molecule has 20 heavy (non-hydrogen) atoms. The molecule has 1 unspecified atom stereocenters. The molecule has 0 bridgehead atoms. The molecule has 1 saturated carbocycles. The molecular weight excluding hydrogens is 318 g/mol. The zero-order valence-corrected chi connectivity index (χ0v) is 13.9. The third-order valence-electron chi connectivity index (χ3n) is 3.57. The lowest BCUT2D eigenvalue weighted by molar-refractivity contribution is 0.146. The average Bonchev–Trinajstić information content (AvgIpc) is 3.26. The van der Waals surface area contributed by atoms with Gasteiger partial charge in [-0.05, 0) is 65.4 Å². The Morgan fingerprint density at radius 1 is 1.35 bits per heavy atom.